The summed E-state index contributed by atoms with van der Waals surface area (Å²) in [5.74, 6) is 7.09. The first-order valence-electron chi connectivity index (χ1n) is 21.3. The number of aromatic nitrogens is 2. The van der Waals surface area contributed by atoms with E-state index in [1.54, 1.807) is 25.2 Å². The van der Waals surface area contributed by atoms with E-state index in [1.165, 1.54) is 69.8 Å². The van der Waals surface area contributed by atoms with Gasteiger partial charge in [-0.2, -0.15) is 29.5 Å². The molecule has 1 atom stereocenters. The van der Waals surface area contributed by atoms with Crippen LogP contribution in [0.5, 0.6) is 0 Å². The molecule has 2 aliphatic rings. The second kappa shape index (κ2) is 16.1. The van der Waals surface area contributed by atoms with Gasteiger partial charge in [0.05, 0.1) is 0 Å². The summed E-state index contributed by atoms with van der Waals surface area (Å²) in [5.41, 5.74) is 13.0. The molecule has 0 saturated carbocycles. The molecule has 0 fully saturated rings. The van der Waals surface area contributed by atoms with Crippen LogP contribution < -0.4 is 9.30 Å². The van der Waals surface area contributed by atoms with Crippen molar-refractivity contribution < 1.29 is 25.2 Å². The van der Waals surface area contributed by atoms with Gasteiger partial charge in [-0.15, -0.1) is 16.6 Å². The van der Waals surface area contributed by atoms with Crippen molar-refractivity contribution in [3.05, 3.63) is 185 Å². The number of hydrogen-bond donors (Lipinski definition) is 1. The van der Waals surface area contributed by atoms with E-state index >= 15 is 0 Å². The monoisotopic (exact) mass is 1080 g/mol. The minimum absolute atomic E-state index is 0. The molecule has 63 heavy (non-hydrogen) atoms. The summed E-state index contributed by atoms with van der Waals surface area (Å²) in [5, 5.41) is 20.2. The molecule has 1 aliphatic heterocycles. The van der Waals surface area contributed by atoms with Gasteiger partial charge in [0.2, 0.25) is 0 Å². The maximum atomic E-state index is 9.95. The van der Waals surface area contributed by atoms with Crippen LogP contribution in [0.1, 0.15) is 61.7 Å². The van der Waals surface area contributed by atoms with Gasteiger partial charge in [0.15, 0.2) is 0 Å². The van der Waals surface area contributed by atoms with Gasteiger partial charge in [-0.25, -0.2) is 4.98 Å². The maximum absolute atomic E-state index is 9.95. The van der Waals surface area contributed by atoms with Crippen LogP contribution in [0.2, 0.25) is 17.3 Å². The van der Waals surface area contributed by atoms with E-state index in [4.69, 9.17) is 10.3 Å². The summed E-state index contributed by atoms with van der Waals surface area (Å²) < 4.78 is 2.61. The minimum atomic E-state index is -1.79. The standard InChI is InChI=1S/C38H27N3S.C17H22GeNO.Ir/c1-22-20-29-25-12-6-7-16-30(25)38(2,3)31(29)21-33(22)41-34-24-11-5-4-10-23(24)17-18-32(34)40-36(41)28-14-8-13-26-27-15-9-19-39-37(27)42-35(26)28;1-17(2,20)14-8-6-13(7-9-14)16-11-10-15(12-19-16)18(3,4)5;/h4-13,15-21,36H,1-3H3;6,8-12,20H,1-5H3;/q-2;-1;+3. The zero-order valence-corrected chi connectivity index (χ0v) is 42.1. The molecule has 0 radical (unpaired) electrons. The number of aliphatic hydroxyl groups is 1. The molecular weight excluding hydrogens is 1030 g/mol. The molecule has 6 aromatic carbocycles. The SMILES string of the molecule is CC(C)(O)c1c[c-]c(-c2cc[c]([Ge]([CH3])([CH3])[CH3])cn2)cc1.Cc1cc2c(cc1N1c3c(ccc4ccccc34)[N-]C1c1[c-]ccc3c1sc1ncccc13)C(C)(C)c1ccccc1-2.[Ir+3]. The van der Waals surface area contributed by atoms with Gasteiger partial charge in [-0.3, -0.25) is 0 Å². The third kappa shape index (κ3) is 7.52. The third-order valence-corrected chi connectivity index (χ3v) is 18.1. The Balaban J connectivity index is 0.000000204. The Morgan fingerprint density at radius 1 is 0.794 bits per heavy atom. The molecule has 1 aliphatic carbocycles. The Hall–Kier alpha value is -5.15. The van der Waals surface area contributed by atoms with Crippen LogP contribution in [0.15, 0.2) is 140 Å². The van der Waals surface area contributed by atoms with E-state index in [2.05, 4.69) is 163 Å². The van der Waals surface area contributed by atoms with Crippen molar-refractivity contribution in [2.24, 2.45) is 0 Å². The van der Waals surface area contributed by atoms with Gasteiger partial charge in [-0.05, 0) is 69.9 Å². The molecule has 8 heteroatoms. The predicted octanol–water partition coefficient (Wildman–Crippen LogP) is 14.2. The Bertz CT molecular complexity index is 3130. The van der Waals surface area contributed by atoms with E-state index in [9.17, 15) is 5.11 Å². The van der Waals surface area contributed by atoms with Gasteiger partial charge in [0, 0.05) is 28.4 Å². The average molecular weight is 1080 g/mol. The Kier molecular flexibility index (Phi) is 11.0. The number of pyridine rings is 2. The van der Waals surface area contributed by atoms with Crippen molar-refractivity contribution in [3.8, 4) is 22.4 Å². The van der Waals surface area contributed by atoms with Crippen LogP contribution in [0.25, 0.3) is 58.8 Å². The van der Waals surface area contributed by atoms with E-state index < -0.39 is 18.9 Å². The van der Waals surface area contributed by atoms with Crippen molar-refractivity contribution in [1.82, 2.24) is 9.97 Å². The zero-order valence-electron chi connectivity index (χ0n) is 36.8. The molecule has 9 aromatic rings. The van der Waals surface area contributed by atoms with E-state index in [0.29, 0.717) is 0 Å². The van der Waals surface area contributed by atoms with Crippen molar-refractivity contribution in [2.45, 2.75) is 69.1 Å². The van der Waals surface area contributed by atoms with Crippen molar-refractivity contribution in [3.63, 3.8) is 0 Å². The molecular formula is C55H49GeIrN4OS. The van der Waals surface area contributed by atoms with E-state index in [1.807, 2.05) is 36.7 Å². The quantitative estimate of drug-likeness (QED) is 0.138. The molecule has 3 aromatic heterocycles. The number of thiophene rings is 1. The number of rotatable bonds is 5. The summed E-state index contributed by atoms with van der Waals surface area (Å²) in [7, 11) is 0. The summed E-state index contributed by atoms with van der Waals surface area (Å²) in [4.78, 5) is 12.8. The Morgan fingerprint density at radius 2 is 1.57 bits per heavy atom. The molecule has 1 N–H and O–H groups in total. The molecule has 0 bridgehead atoms. The van der Waals surface area contributed by atoms with Crippen LogP contribution in [0.3, 0.4) is 0 Å². The Labute approximate surface area is 391 Å². The molecule has 1 unspecified atom stereocenters. The first kappa shape index (κ1) is 43.1. The fourth-order valence-corrected chi connectivity index (χ4v) is 12.5. The third-order valence-electron chi connectivity index (χ3n) is 12.7. The summed E-state index contributed by atoms with van der Waals surface area (Å²) >= 11 is -0.0482. The van der Waals surface area contributed by atoms with Crippen LogP contribution in [0, 0.1) is 19.1 Å². The van der Waals surface area contributed by atoms with Gasteiger partial charge in [-0.1, -0.05) is 85.3 Å². The number of hydrogen-bond acceptors (Lipinski definition) is 5. The van der Waals surface area contributed by atoms with Crippen LogP contribution in [-0.4, -0.2) is 28.3 Å². The van der Waals surface area contributed by atoms with Gasteiger partial charge in [0.1, 0.15) is 4.83 Å². The normalized spacial score (nSPS) is 15.0. The smallest absolute Gasteiger partial charge is 0.661 e. The molecule has 314 valence electrons. The van der Waals surface area contributed by atoms with Gasteiger partial charge >= 0.3 is 144 Å². The van der Waals surface area contributed by atoms with Gasteiger partial charge in [0.25, 0.3) is 0 Å². The Morgan fingerprint density at radius 3 is 2.32 bits per heavy atom. The largest absolute Gasteiger partial charge is 3.00 e. The van der Waals surface area contributed by atoms with Gasteiger partial charge < -0.3 is 10.2 Å². The second-order valence-corrected chi connectivity index (χ2v) is 30.4. The summed E-state index contributed by atoms with van der Waals surface area (Å²) in [6.07, 6.45) is 3.64. The fraction of sp³-hybridized carbons (Fsp3) is 0.200. The number of benzene rings is 6. The van der Waals surface area contributed by atoms with E-state index in [0.717, 1.165) is 32.9 Å². The molecule has 5 nitrogen and oxygen atoms in total. The fourth-order valence-electron chi connectivity index (χ4n) is 9.21. The average Bonchev–Trinajstić information content (AvgIpc) is 3.91. The minimum Gasteiger partial charge on any atom is -0.661 e. The van der Waals surface area contributed by atoms with Crippen LogP contribution >= 0.6 is 11.3 Å². The number of nitrogens with zero attached hydrogens (tertiary/aromatic N) is 4. The van der Waals surface area contributed by atoms with Crippen molar-refractivity contribution >= 4 is 77.1 Å². The molecule has 0 amide bonds. The predicted molar refractivity (Wildman–Crippen MR) is 263 cm³/mol. The van der Waals surface area contributed by atoms with Crippen LogP contribution in [0.4, 0.5) is 17.1 Å². The molecule has 0 saturated heterocycles. The van der Waals surface area contributed by atoms with E-state index in [-0.39, 0.29) is 31.7 Å². The number of aryl methyl sites for hydroxylation is 1. The van der Waals surface area contributed by atoms with Crippen molar-refractivity contribution in [2.75, 3.05) is 4.90 Å². The molecule has 4 heterocycles. The van der Waals surface area contributed by atoms with Crippen molar-refractivity contribution in [1.29, 1.82) is 0 Å². The summed E-state index contributed by atoms with van der Waals surface area (Å²) in [6, 6.07) is 52.0. The molecule has 11 rings (SSSR count). The topological polar surface area (TPSA) is 63.4 Å². The second-order valence-electron chi connectivity index (χ2n) is 18.7. The van der Waals surface area contributed by atoms with Crippen LogP contribution in [-0.2, 0) is 31.1 Å². The maximum Gasteiger partial charge on any atom is 3.00 e. The molecule has 0 spiro atoms. The first-order chi connectivity index (χ1) is 29.7. The zero-order chi connectivity index (χ0) is 43.1. The number of anilines is 2. The number of fused-ring (bicyclic) bond motifs is 9. The first-order valence-corrected chi connectivity index (χ1v) is 29.5. The summed E-state index contributed by atoms with van der Waals surface area (Å²) in [6.45, 7) is 10.5.